The SMILES string of the molecule is CCN(Cc1nc(-c2cccs2)no1)C(=O)[C@@H](C)Oc1cccc(OC)c1. The van der Waals surface area contributed by atoms with Crippen LogP contribution in [0.4, 0.5) is 0 Å². The number of carbonyl (C=O) groups excluding carboxylic acids is 1. The van der Waals surface area contributed by atoms with Crippen molar-refractivity contribution in [2.45, 2.75) is 26.5 Å². The van der Waals surface area contributed by atoms with E-state index < -0.39 is 6.10 Å². The van der Waals surface area contributed by atoms with Crippen LogP contribution in [0, 0.1) is 0 Å². The molecule has 0 bridgehead atoms. The fraction of sp³-hybridized carbons (Fsp3) is 0.316. The summed E-state index contributed by atoms with van der Waals surface area (Å²) >= 11 is 1.53. The maximum atomic E-state index is 12.8. The third-order valence-electron chi connectivity index (χ3n) is 3.93. The van der Waals surface area contributed by atoms with Gasteiger partial charge >= 0.3 is 0 Å². The molecule has 0 radical (unpaired) electrons. The van der Waals surface area contributed by atoms with Crippen LogP contribution >= 0.6 is 11.3 Å². The van der Waals surface area contributed by atoms with E-state index >= 15 is 0 Å². The van der Waals surface area contributed by atoms with E-state index in [1.54, 1.807) is 31.1 Å². The van der Waals surface area contributed by atoms with Crippen molar-refractivity contribution in [3.05, 3.63) is 47.7 Å². The van der Waals surface area contributed by atoms with Crippen LogP contribution in [-0.2, 0) is 11.3 Å². The zero-order valence-corrected chi connectivity index (χ0v) is 16.2. The van der Waals surface area contributed by atoms with E-state index in [0.717, 1.165) is 4.88 Å². The summed E-state index contributed by atoms with van der Waals surface area (Å²) in [4.78, 5) is 19.7. The monoisotopic (exact) mass is 387 g/mol. The highest BCUT2D eigenvalue weighted by Crippen LogP contribution is 2.22. The smallest absolute Gasteiger partial charge is 0.263 e. The lowest BCUT2D eigenvalue weighted by Gasteiger charge is -2.23. The molecule has 142 valence electrons. The number of ether oxygens (including phenoxy) is 2. The lowest BCUT2D eigenvalue weighted by atomic mass is 10.3. The van der Waals surface area contributed by atoms with Gasteiger partial charge in [0.05, 0.1) is 12.0 Å². The molecule has 7 nitrogen and oxygen atoms in total. The Labute approximate surface area is 161 Å². The predicted octanol–water partition coefficient (Wildman–Crippen LogP) is 3.62. The van der Waals surface area contributed by atoms with Crippen molar-refractivity contribution in [2.24, 2.45) is 0 Å². The van der Waals surface area contributed by atoms with Crippen LogP contribution in [0.15, 0.2) is 46.3 Å². The van der Waals surface area contributed by atoms with Gasteiger partial charge in [0.15, 0.2) is 6.10 Å². The highest BCUT2D eigenvalue weighted by Gasteiger charge is 2.23. The van der Waals surface area contributed by atoms with Crippen LogP contribution in [0.2, 0.25) is 0 Å². The minimum absolute atomic E-state index is 0.156. The molecule has 0 N–H and O–H groups in total. The summed E-state index contributed by atoms with van der Waals surface area (Å²) in [5.74, 6) is 2.01. The summed E-state index contributed by atoms with van der Waals surface area (Å²) in [6.45, 7) is 4.35. The Balaban J connectivity index is 1.64. The lowest BCUT2D eigenvalue weighted by Crippen LogP contribution is -2.40. The number of likely N-dealkylation sites (N-methyl/N-ethyl adjacent to an activating group) is 1. The summed E-state index contributed by atoms with van der Waals surface area (Å²) in [6, 6.07) is 11.0. The van der Waals surface area contributed by atoms with Gasteiger partial charge in [0.25, 0.3) is 5.91 Å². The molecule has 0 aliphatic rings. The average molecular weight is 387 g/mol. The van der Waals surface area contributed by atoms with Crippen molar-refractivity contribution in [2.75, 3.05) is 13.7 Å². The molecule has 2 heterocycles. The Morgan fingerprint density at radius 2 is 2.11 bits per heavy atom. The molecule has 1 amide bonds. The van der Waals surface area contributed by atoms with Gasteiger partial charge in [-0.3, -0.25) is 4.79 Å². The molecule has 0 spiro atoms. The number of hydrogen-bond acceptors (Lipinski definition) is 7. The van der Waals surface area contributed by atoms with Gasteiger partial charge in [0, 0.05) is 12.6 Å². The van der Waals surface area contributed by atoms with Crippen molar-refractivity contribution >= 4 is 17.2 Å². The van der Waals surface area contributed by atoms with Crippen molar-refractivity contribution < 1.29 is 18.8 Å². The van der Waals surface area contributed by atoms with Gasteiger partial charge in [-0.25, -0.2) is 0 Å². The first-order valence-electron chi connectivity index (χ1n) is 8.56. The number of amides is 1. The quantitative estimate of drug-likeness (QED) is 0.587. The van der Waals surface area contributed by atoms with Crippen LogP contribution in [-0.4, -0.2) is 40.7 Å². The van der Waals surface area contributed by atoms with Crippen molar-refractivity contribution in [3.8, 4) is 22.2 Å². The molecule has 0 fully saturated rings. The third kappa shape index (κ3) is 4.65. The molecular formula is C19H21N3O4S. The Hall–Kier alpha value is -2.87. The van der Waals surface area contributed by atoms with Crippen molar-refractivity contribution in [3.63, 3.8) is 0 Å². The molecule has 0 saturated heterocycles. The predicted molar refractivity (Wildman–Crippen MR) is 102 cm³/mol. The number of nitrogens with zero attached hydrogens (tertiary/aromatic N) is 3. The second-order valence-corrected chi connectivity index (χ2v) is 6.73. The van der Waals surface area contributed by atoms with E-state index in [-0.39, 0.29) is 12.5 Å². The van der Waals surface area contributed by atoms with Crippen LogP contribution in [0.5, 0.6) is 11.5 Å². The number of methoxy groups -OCH3 is 1. The highest BCUT2D eigenvalue weighted by atomic mass is 32.1. The van der Waals surface area contributed by atoms with Crippen LogP contribution in [0.3, 0.4) is 0 Å². The molecule has 0 saturated carbocycles. The van der Waals surface area contributed by atoms with E-state index in [1.807, 2.05) is 36.6 Å². The van der Waals surface area contributed by atoms with Gasteiger partial charge in [0.2, 0.25) is 11.7 Å². The molecule has 1 aromatic carbocycles. The third-order valence-corrected chi connectivity index (χ3v) is 4.80. The van der Waals surface area contributed by atoms with Gasteiger partial charge in [-0.05, 0) is 37.4 Å². The molecule has 0 unspecified atom stereocenters. The summed E-state index contributed by atoms with van der Waals surface area (Å²) in [6.07, 6.45) is -0.656. The first-order valence-corrected chi connectivity index (χ1v) is 9.44. The number of aromatic nitrogens is 2. The second kappa shape index (κ2) is 8.68. The van der Waals surface area contributed by atoms with E-state index in [1.165, 1.54) is 11.3 Å². The first-order chi connectivity index (χ1) is 13.1. The molecule has 1 atom stereocenters. The normalized spacial score (nSPS) is 11.8. The minimum Gasteiger partial charge on any atom is -0.497 e. The largest absolute Gasteiger partial charge is 0.497 e. The maximum absolute atomic E-state index is 12.8. The van der Waals surface area contributed by atoms with Crippen molar-refractivity contribution in [1.82, 2.24) is 15.0 Å². The standard InChI is InChI=1S/C19H21N3O4S/c1-4-22(12-17-20-18(21-26-17)16-9-6-10-27-16)19(23)13(2)25-15-8-5-7-14(11-15)24-3/h5-11,13H,4,12H2,1-3H3/t13-/m1/s1. The molecule has 3 aromatic rings. The highest BCUT2D eigenvalue weighted by molar-refractivity contribution is 7.13. The zero-order valence-electron chi connectivity index (χ0n) is 15.4. The number of thiophene rings is 1. The van der Waals surface area contributed by atoms with Crippen molar-refractivity contribution in [1.29, 1.82) is 0 Å². The molecule has 0 aliphatic heterocycles. The molecule has 0 aliphatic carbocycles. The summed E-state index contributed by atoms with van der Waals surface area (Å²) in [5.41, 5.74) is 0. The van der Waals surface area contributed by atoms with E-state index in [9.17, 15) is 4.79 Å². The van der Waals surface area contributed by atoms with Crippen LogP contribution < -0.4 is 9.47 Å². The van der Waals surface area contributed by atoms with Crippen LogP contribution in [0.25, 0.3) is 10.7 Å². The Kier molecular flexibility index (Phi) is 6.08. The van der Waals surface area contributed by atoms with Crippen LogP contribution in [0.1, 0.15) is 19.7 Å². The van der Waals surface area contributed by atoms with E-state index in [4.69, 9.17) is 14.0 Å². The fourth-order valence-electron chi connectivity index (χ4n) is 2.52. The minimum atomic E-state index is -0.656. The average Bonchev–Trinajstić information content (AvgIpc) is 3.37. The van der Waals surface area contributed by atoms with Gasteiger partial charge in [-0.1, -0.05) is 17.3 Å². The maximum Gasteiger partial charge on any atom is 0.263 e. The van der Waals surface area contributed by atoms with Gasteiger partial charge in [-0.15, -0.1) is 11.3 Å². The molecule has 2 aromatic heterocycles. The molecule has 8 heteroatoms. The summed E-state index contributed by atoms with van der Waals surface area (Å²) < 4.78 is 16.2. The Morgan fingerprint density at radius 3 is 2.81 bits per heavy atom. The van der Waals surface area contributed by atoms with E-state index in [0.29, 0.717) is 29.8 Å². The Bertz CT molecular complexity index is 879. The number of carbonyl (C=O) groups is 1. The number of benzene rings is 1. The zero-order chi connectivity index (χ0) is 19.2. The molecule has 3 rings (SSSR count). The second-order valence-electron chi connectivity index (χ2n) is 5.78. The van der Waals surface area contributed by atoms with Gasteiger partial charge < -0.3 is 18.9 Å². The van der Waals surface area contributed by atoms with E-state index in [2.05, 4.69) is 10.1 Å². The number of hydrogen-bond donors (Lipinski definition) is 0. The first kappa shape index (κ1) is 18.9. The Morgan fingerprint density at radius 1 is 1.30 bits per heavy atom. The summed E-state index contributed by atoms with van der Waals surface area (Å²) in [5, 5.41) is 5.93. The lowest BCUT2D eigenvalue weighted by molar-refractivity contribution is -0.138. The molecule has 27 heavy (non-hydrogen) atoms. The number of rotatable bonds is 8. The fourth-order valence-corrected chi connectivity index (χ4v) is 3.17. The summed E-state index contributed by atoms with van der Waals surface area (Å²) in [7, 11) is 1.58. The van der Waals surface area contributed by atoms with Gasteiger partial charge in [-0.2, -0.15) is 4.98 Å². The molecular weight excluding hydrogens is 366 g/mol. The topological polar surface area (TPSA) is 77.7 Å². The van der Waals surface area contributed by atoms with Gasteiger partial charge in [0.1, 0.15) is 18.0 Å².